The molecule has 0 radical (unpaired) electrons. The largest absolute Gasteiger partial charge is 0.447 e. The summed E-state index contributed by atoms with van der Waals surface area (Å²) in [6.07, 6.45) is 2.19. The quantitative estimate of drug-likeness (QED) is 0.494. The molecule has 5 atom stereocenters. The van der Waals surface area contributed by atoms with E-state index in [1.54, 1.807) is 0 Å². The second-order valence-electron chi connectivity index (χ2n) is 7.85. The Bertz CT molecular complexity index is 709. The van der Waals surface area contributed by atoms with Crippen LogP contribution in [0.2, 0.25) is 0 Å². The van der Waals surface area contributed by atoms with E-state index in [9.17, 15) is 9.59 Å². The molecule has 0 aromatic heterocycles. The maximum atomic E-state index is 13.6. The van der Waals surface area contributed by atoms with Crippen molar-refractivity contribution < 1.29 is 19.1 Å². The smallest absolute Gasteiger partial charge is 0.416 e. The second kappa shape index (κ2) is 6.78. The summed E-state index contributed by atoms with van der Waals surface area (Å²) < 4.78 is 11.4. The van der Waals surface area contributed by atoms with Crippen molar-refractivity contribution in [2.24, 2.45) is 11.8 Å². The number of benzene rings is 1. The summed E-state index contributed by atoms with van der Waals surface area (Å²) in [4.78, 5) is 27.4. The molecule has 3 fully saturated rings. The van der Waals surface area contributed by atoms with Gasteiger partial charge in [0.2, 0.25) is 5.91 Å². The summed E-state index contributed by atoms with van der Waals surface area (Å²) in [5, 5.41) is 0. The lowest BCUT2D eigenvalue weighted by molar-refractivity contribution is -0.136. The summed E-state index contributed by atoms with van der Waals surface area (Å²) in [6.45, 7) is 4.32. The molecule has 3 aliphatic rings. The predicted octanol–water partition coefficient (Wildman–Crippen LogP) is 4.10. The predicted molar refractivity (Wildman–Crippen MR) is 105 cm³/mol. The molecule has 1 saturated carbocycles. The zero-order valence-electron chi connectivity index (χ0n) is 15.1. The molecule has 1 aliphatic carbocycles. The highest BCUT2D eigenvalue weighted by Crippen LogP contribution is 2.58. The van der Waals surface area contributed by atoms with Gasteiger partial charge in [0.15, 0.2) is 0 Å². The number of fused-ring (bicyclic) bond motifs is 1. The minimum Gasteiger partial charge on any atom is -0.447 e. The Balaban J connectivity index is 1.72. The fourth-order valence-electron chi connectivity index (χ4n) is 4.58. The fourth-order valence-corrected chi connectivity index (χ4v) is 6.01. The first kappa shape index (κ1) is 18.2. The molecule has 0 spiro atoms. The normalized spacial score (nSPS) is 36.5. The number of alkyl halides is 1. The van der Waals surface area contributed by atoms with Crippen molar-refractivity contribution >= 4 is 34.6 Å². The molecule has 2 aliphatic heterocycles. The molecular formula is C20H24INO4. The van der Waals surface area contributed by atoms with Crippen LogP contribution in [0, 0.1) is 11.8 Å². The Labute approximate surface area is 167 Å². The Kier molecular flexibility index (Phi) is 4.75. The van der Waals surface area contributed by atoms with Gasteiger partial charge in [-0.1, -0.05) is 66.8 Å². The van der Waals surface area contributed by atoms with E-state index in [4.69, 9.17) is 9.47 Å². The molecule has 2 saturated heterocycles. The van der Waals surface area contributed by atoms with Crippen LogP contribution in [0.3, 0.4) is 0 Å². The lowest BCUT2D eigenvalue weighted by Gasteiger charge is -2.33. The molecule has 1 aromatic carbocycles. The maximum Gasteiger partial charge on any atom is 0.416 e. The number of ether oxygens (including phenoxy) is 2. The van der Waals surface area contributed by atoms with E-state index in [2.05, 4.69) is 22.6 Å². The number of rotatable bonds is 3. The third kappa shape index (κ3) is 2.76. The molecule has 140 valence electrons. The minimum absolute atomic E-state index is 0.0541. The number of nitrogens with zero attached hydrogens (tertiary/aromatic N) is 1. The molecule has 2 heterocycles. The molecule has 0 bridgehead atoms. The first-order valence-corrected chi connectivity index (χ1v) is 10.4. The fraction of sp³-hybridized carbons (Fsp3) is 0.600. The maximum absolute atomic E-state index is 13.6. The highest BCUT2D eigenvalue weighted by atomic mass is 127. The molecule has 4 rings (SSSR count). The zero-order valence-corrected chi connectivity index (χ0v) is 17.2. The van der Waals surface area contributed by atoms with Gasteiger partial charge < -0.3 is 9.47 Å². The van der Waals surface area contributed by atoms with Crippen molar-refractivity contribution in [3.63, 3.8) is 0 Å². The highest BCUT2D eigenvalue weighted by Gasteiger charge is 2.62. The summed E-state index contributed by atoms with van der Waals surface area (Å²) >= 11 is 2.43. The number of cyclic esters (lactones) is 1. The van der Waals surface area contributed by atoms with Gasteiger partial charge >= 0.3 is 6.09 Å². The van der Waals surface area contributed by atoms with Crippen molar-refractivity contribution in [3.8, 4) is 0 Å². The van der Waals surface area contributed by atoms with Crippen LogP contribution in [-0.2, 0) is 14.3 Å². The molecule has 0 unspecified atom stereocenters. The number of hydrogen-bond acceptors (Lipinski definition) is 4. The molecular weight excluding hydrogens is 445 g/mol. The monoisotopic (exact) mass is 469 g/mol. The molecule has 1 aromatic rings. The van der Waals surface area contributed by atoms with E-state index in [-0.39, 0.29) is 46.0 Å². The van der Waals surface area contributed by atoms with Crippen LogP contribution >= 0.6 is 22.6 Å². The van der Waals surface area contributed by atoms with E-state index >= 15 is 0 Å². The molecule has 2 amide bonds. The number of halogens is 1. The first-order valence-electron chi connectivity index (χ1n) is 9.32. The summed E-state index contributed by atoms with van der Waals surface area (Å²) in [6, 6.07) is 9.71. The standard InChI is InChI=1S/C20H24INO4/c1-12(2)14-11-25-19(24)22(14)18(23)16-17(13-7-4-3-5-8-13)26-15-9-6-10-20(15,16)21/h3-5,7-8,12,14-17H,6,9-11H2,1-2H3/t14-,15-,16+,17-,20-/m1/s1. The van der Waals surface area contributed by atoms with E-state index < -0.39 is 6.09 Å². The highest BCUT2D eigenvalue weighted by molar-refractivity contribution is 14.1. The van der Waals surface area contributed by atoms with Gasteiger partial charge in [-0.3, -0.25) is 4.79 Å². The van der Waals surface area contributed by atoms with Crippen LogP contribution in [0.1, 0.15) is 44.8 Å². The van der Waals surface area contributed by atoms with Crippen molar-refractivity contribution in [1.29, 1.82) is 0 Å². The Morgan fingerprint density at radius 1 is 1.31 bits per heavy atom. The number of hydrogen-bond donors (Lipinski definition) is 0. The number of imide groups is 1. The molecule has 5 nitrogen and oxygen atoms in total. The van der Waals surface area contributed by atoms with Gasteiger partial charge in [0, 0.05) is 0 Å². The van der Waals surface area contributed by atoms with Gasteiger partial charge in [-0.05, 0) is 30.7 Å². The summed E-state index contributed by atoms with van der Waals surface area (Å²) in [5.74, 6) is -0.351. The van der Waals surface area contributed by atoms with E-state index in [1.165, 1.54) is 4.90 Å². The summed E-state index contributed by atoms with van der Waals surface area (Å²) in [7, 11) is 0. The van der Waals surface area contributed by atoms with Crippen LogP contribution in [0.5, 0.6) is 0 Å². The van der Waals surface area contributed by atoms with Crippen molar-refractivity contribution in [1.82, 2.24) is 4.90 Å². The Hall–Kier alpha value is -1.15. The van der Waals surface area contributed by atoms with E-state index in [0.717, 1.165) is 24.8 Å². The SMILES string of the molecule is CC(C)[C@H]1COC(=O)N1C(=O)[C@@H]1[C@@H](c2ccccc2)O[C@@H]2CCC[C@]12I. The van der Waals surface area contributed by atoms with E-state index in [0.29, 0.717) is 0 Å². The van der Waals surface area contributed by atoms with Gasteiger partial charge in [0.25, 0.3) is 0 Å². The molecule has 26 heavy (non-hydrogen) atoms. The van der Waals surface area contributed by atoms with Crippen LogP contribution in [0.25, 0.3) is 0 Å². The van der Waals surface area contributed by atoms with Crippen LogP contribution in [-0.4, -0.2) is 39.1 Å². The van der Waals surface area contributed by atoms with Gasteiger partial charge in [0.05, 0.1) is 27.6 Å². The third-order valence-electron chi connectivity index (χ3n) is 6.00. The van der Waals surface area contributed by atoms with Crippen LogP contribution < -0.4 is 0 Å². The van der Waals surface area contributed by atoms with Gasteiger partial charge in [-0.15, -0.1) is 0 Å². The van der Waals surface area contributed by atoms with Gasteiger partial charge in [-0.25, -0.2) is 9.69 Å². The Morgan fingerprint density at radius 2 is 2.04 bits per heavy atom. The zero-order chi connectivity index (χ0) is 18.5. The van der Waals surface area contributed by atoms with Crippen LogP contribution in [0.15, 0.2) is 30.3 Å². The minimum atomic E-state index is -0.512. The molecule has 6 heteroatoms. The summed E-state index contributed by atoms with van der Waals surface area (Å²) in [5.41, 5.74) is 1.00. The first-order chi connectivity index (χ1) is 12.4. The number of carbonyl (C=O) groups excluding carboxylic acids is 2. The van der Waals surface area contributed by atoms with Gasteiger partial charge in [-0.2, -0.15) is 0 Å². The average Bonchev–Trinajstić information content (AvgIpc) is 3.25. The third-order valence-corrected chi connectivity index (χ3v) is 7.90. The van der Waals surface area contributed by atoms with Crippen molar-refractivity contribution in [3.05, 3.63) is 35.9 Å². The lowest BCUT2D eigenvalue weighted by atomic mass is 9.83. The Morgan fingerprint density at radius 3 is 2.73 bits per heavy atom. The van der Waals surface area contributed by atoms with E-state index in [1.807, 2.05) is 44.2 Å². The topological polar surface area (TPSA) is 55.8 Å². The molecule has 0 N–H and O–H groups in total. The van der Waals surface area contributed by atoms with Crippen molar-refractivity contribution in [2.45, 2.75) is 54.8 Å². The van der Waals surface area contributed by atoms with Crippen molar-refractivity contribution in [2.75, 3.05) is 6.61 Å². The number of carbonyl (C=O) groups is 2. The van der Waals surface area contributed by atoms with Gasteiger partial charge in [0.1, 0.15) is 6.61 Å². The van der Waals surface area contributed by atoms with Crippen LogP contribution in [0.4, 0.5) is 4.79 Å². The second-order valence-corrected chi connectivity index (χ2v) is 9.86. The number of amides is 2. The average molecular weight is 469 g/mol. The lowest BCUT2D eigenvalue weighted by Crippen LogP contribution is -2.50.